The standard InChI is InChI=1S/C14H13ClN2/c1-11(13-5-2-6-14(15)8-13)17-10-12-4-3-7-16-9-12/h2-9H,10H2,1H3. The van der Waals surface area contributed by atoms with E-state index in [4.69, 9.17) is 11.6 Å². The van der Waals surface area contributed by atoms with Crippen molar-refractivity contribution in [3.05, 3.63) is 64.9 Å². The Kier molecular flexibility index (Phi) is 3.89. The molecule has 3 heteroatoms. The molecule has 1 aromatic carbocycles. The molecule has 2 aromatic rings. The lowest BCUT2D eigenvalue weighted by Crippen LogP contribution is -1.95. The number of benzene rings is 1. The Bertz CT molecular complexity index is 521. The Morgan fingerprint density at radius 3 is 2.88 bits per heavy atom. The van der Waals surface area contributed by atoms with E-state index in [1.54, 1.807) is 6.20 Å². The van der Waals surface area contributed by atoms with E-state index < -0.39 is 0 Å². The number of aromatic nitrogens is 1. The molecule has 17 heavy (non-hydrogen) atoms. The zero-order valence-corrected chi connectivity index (χ0v) is 10.4. The van der Waals surface area contributed by atoms with Gasteiger partial charge in [-0.2, -0.15) is 0 Å². The minimum atomic E-state index is 0.645. The minimum absolute atomic E-state index is 0.645. The van der Waals surface area contributed by atoms with Gasteiger partial charge < -0.3 is 0 Å². The van der Waals surface area contributed by atoms with Gasteiger partial charge in [0.15, 0.2) is 0 Å². The highest BCUT2D eigenvalue weighted by Gasteiger charge is 1.98. The first-order valence-electron chi connectivity index (χ1n) is 5.41. The van der Waals surface area contributed by atoms with Crippen LogP contribution in [-0.2, 0) is 6.54 Å². The van der Waals surface area contributed by atoms with E-state index in [2.05, 4.69) is 9.98 Å². The molecule has 2 nitrogen and oxygen atoms in total. The molecule has 0 N–H and O–H groups in total. The molecule has 0 radical (unpaired) electrons. The maximum atomic E-state index is 5.94. The molecule has 0 spiro atoms. The Hall–Kier alpha value is -1.67. The van der Waals surface area contributed by atoms with Crippen LogP contribution in [0.5, 0.6) is 0 Å². The summed E-state index contributed by atoms with van der Waals surface area (Å²) in [5.74, 6) is 0. The van der Waals surface area contributed by atoms with Crippen LogP contribution < -0.4 is 0 Å². The van der Waals surface area contributed by atoms with Crippen LogP contribution in [0.2, 0.25) is 5.02 Å². The summed E-state index contributed by atoms with van der Waals surface area (Å²) in [6.07, 6.45) is 3.59. The van der Waals surface area contributed by atoms with Crippen molar-refractivity contribution in [2.24, 2.45) is 4.99 Å². The van der Waals surface area contributed by atoms with Gasteiger partial charge in [0, 0.05) is 23.1 Å². The fourth-order valence-electron chi connectivity index (χ4n) is 1.51. The van der Waals surface area contributed by atoms with Crippen molar-refractivity contribution < 1.29 is 0 Å². The van der Waals surface area contributed by atoms with E-state index in [1.807, 2.05) is 49.5 Å². The second-order valence-corrected chi connectivity index (χ2v) is 4.21. The number of hydrogen-bond acceptors (Lipinski definition) is 2. The topological polar surface area (TPSA) is 25.2 Å². The third-order valence-corrected chi connectivity index (χ3v) is 2.70. The SMILES string of the molecule is CC(=NCc1cccnc1)c1cccc(Cl)c1. The van der Waals surface area contributed by atoms with E-state index in [-0.39, 0.29) is 0 Å². The van der Waals surface area contributed by atoms with Crippen LogP contribution in [-0.4, -0.2) is 10.7 Å². The maximum Gasteiger partial charge on any atom is 0.0658 e. The van der Waals surface area contributed by atoms with Crippen molar-refractivity contribution in [1.82, 2.24) is 4.98 Å². The Morgan fingerprint density at radius 1 is 1.29 bits per heavy atom. The lowest BCUT2D eigenvalue weighted by atomic mass is 10.1. The molecule has 0 amide bonds. The smallest absolute Gasteiger partial charge is 0.0658 e. The van der Waals surface area contributed by atoms with Crippen molar-refractivity contribution in [3.8, 4) is 0 Å². The van der Waals surface area contributed by atoms with Crippen molar-refractivity contribution in [1.29, 1.82) is 0 Å². The summed E-state index contributed by atoms with van der Waals surface area (Å²) in [7, 11) is 0. The molecule has 0 saturated heterocycles. The first kappa shape index (κ1) is 11.8. The summed E-state index contributed by atoms with van der Waals surface area (Å²) < 4.78 is 0. The molecule has 0 aliphatic rings. The molecular weight excluding hydrogens is 232 g/mol. The summed E-state index contributed by atoms with van der Waals surface area (Å²) in [4.78, 5) is 8.58. The summed E-state index contributed by atoms with van der Waals surface area (Å²) in [6.45, 7) is 2.63. The molecule has 1 heterocycles. The van der Waals surface area contributed by atoms with Gasteiger partial charge in [-0.1, -0.05) is 29.8 Å². The second-order valence-electron chi connectivity index (χ2n) is 3.77. The zero-order chi connectivity index (χ0) is 12.1. The fourth-order valence-corrected chi connectivity index (χ4v) is 1.70. The average Bonchev–Trinajstić information content (AvgIpc) is 2.37. The van der Waals surface area contributed by atoms with Crippen LogP contribution >= 0.6 is 11.6 Å². The largest absolute Gasteiger partial charge is 0.285 e. The van der Waals surface area contributed by atoms with E-state index in [0.29, 0.717) is 6.54 Å². The van der Waals surface area contributed by atoms with Gasteiger partial charge in [-0.25, -0.2) is 0 Å². The number of pyridine rings is 1. The molecule has 0 aliphatic heterocycles. The van der Waals surface area contributed by atoms with E-state index in [9.17, 15) is 0 Å². The lowest BCUT2D eigenvalue weighted by Gasteiger charge is -2.02. The third kappa shape index (κ3) is 3.40. The van der Waals surface area contributed by atoms with Crippen LogP contribution in [0.25, 0.3) is 0 Å². The Morgan fingerprint density at radius 2 is 2.18 bits per heavy atom. The predicted octanol–water partition coefficient (Wildman–Crippen LogP) is 3.74. The van der Waals surface area contributed by atoms with Crippen LogP contribution in [0.3, 0.4) is 0 Å². The van der Waals surface area contributed by atoms with Crippen molar-refractivity contribution >= 4 is 17.3 Å². The molecule has 0 saturated carbocycles. The van der Waals surface area contributed by atoms with Gasteiger partial charge in [-0.05, 0) is 36.2 Å². The first-order valence-corrected chi connectivity index (χ1v) is 5.79. The Labute approximate surface area is 106 Å². The van der Waals surface area contributed by atoms with Gasteiger partial charge in [0.25, 0.3) is 0 Å². The highest BCUT2D eigenvalue weighted by Crippen LogP contribution is 2.12. The quantitative estimate of drug-likeness (QED) is 0.755. The number of rotatable bonds is 3. The van der Waals surface area contributed by atoms with Gasteiger partial charge in [-0.15, -0.1) is 0 Å². The molecular formula is C14H13ClN2. The predicted molar refractivity (Wildman–Crippen MR) is 71.6 cm³/mol. The summed E-state index contributed by atoms with van der Waals surface area (Å²) in [6, 6.07) is 11.7. The third-order valence-electron chi connectivity index (χ3n) is 2.46. The summed E-state index contributed by atoms with van der Waals surface area (Å²) in [5, 5.41) is 0.735. The van der Waals surface area contributed by atoms with Crippen LogP contribution in [0, 0.1) is 0 Å². The van der Waals surface area contributed by atoms with Crippen LogP contribution in [0.15, 0.2) is 53.8 Å². The molecule has 0 fully saturated rings. The lowest BCUT2D eigenvalue weighted by molar-refractivity contribution is 1.04. The van der Waals surface area contributed by atoms with Gasteiger partial charge in [0.05, 0.1) is 6.54 Å². The van der Waals surface area contributed by atoms with E-state index >= 15 is 0 Å². The second kappa shape index (κ2) is 5.60. The van der Waals surface area contributed by atoms with Crippen molar-refractivity contribution in [3.63, 3.8) is 0 Å². The minimum Gasteiger partial charge on any atom is -0.285 e. The summed E-state index contributed by atoms with van der Waals surface area (Å²) >= 11 is 5.94. The summed E-state index contributed by atoms with van der Waals surface area (Å²) in [5.41, 5.74) is 3.15. The normalized spacial score (nSPS) is 11.5. The van der Waals surface area contributed by atoms with Crippen molar-refractivity contribution in [2.75, 3.05) is 0 Å². The molecule has 0 aliphatic carbocycles. The zero-order valence-electron chi connectivity index (χ0n) is 9.60. The molecule has 0 unspecified atom stereocenters. The van der Waals surface area contributed by atoms with Gasteiger partial charge in [0.1, 0.15) is 0 Å². The van der Waals surface area contributed by atoms with Crippen molar-refractivity contribution in [2.45, 2.75) is 13.5 Å². The first-order chi connectivity index (χ1) is 8.25. The molecule has 2 rings (SSSR count). The van der Waals surface area contributed by atoms with Gasteiger partial charge in [-0.3, -0.25) is 9.98 Å². The van der Waals surface area contributed by atoms with E-state index in [0.717, 1.165) is 21.9 Å². The molecule has 0 atom stereocenters. The number of hydrogen-bond donors (Lipinski definition) is 0. The monoisotopic (exact) mass is 244 g/mol. The number of halogens is 1. The molecule has 1 aromatic heterocycles. The highest BCUT2D eigenvalue weighted by atomic mass is 35.5. The fraction of sp³-hybridized carbons (Fsp3) is 0.143. The van der Waals surface area contributed by atoms with Gasteiger partial charge >= 0.3 is 0 Å². The highest BCUT2D eigenvalue weighted by molar-refractivity contribution is 6.31. The number of aliphatic imine (C=N–C) groups is 1. The molecule has 86 valence electrons. The number of nitrogens with zero attached hydrogens (tertiary/aromatic N) is 2. The molecule has 0 bridgehead atoms. The maximum absolute atomic E-state index is 5.94. The average molecular weight is 245 g/mol. The Balaban J connectivity index is 2.12. The van der Waals surface area contributed by atoms with Gasteiger partial charge in [0.2, 0.25) is 0 Å². The van der Waals surface area contributed by atoms with E-state index in [1.165, 1.54) is 0 Å². The van der Waals surface area contributed by atoms with Crippen LogP contribution in [0.4, 0.5) is 0 Å². The van der Waals surface area contributed by atoms with Crippen LogP contribution in [0.1, 0.15) is 18.1 Å².